The largest absolute Gasteiger partial charge is 0.316 e. The van der Waals surface area contributed by atoms with E-state index in [4.69, 9.17) is 5.26 Å². The molecule has 1 aromatic carbocycles. The van der Waals surface area contributed by atoms with Crippen LogP contribution in [-0.2, 0) is 6.54 Å². The van der Waals surface area contributed by atoms with Gasteiger partial charge in [-0.1, -0.05) is 11.8 Å². The Morgan fingerprint density at radius 1 is 1.15 bits per heavy atom. The van der Waals surface area contributed by atoms with Crippen LogP contribution < -0.4 is 5.32 Å². The molecule has 2 rings (SSSR count). The van der Waals surface area contributed by atoms with E-state index in [0.29, 0.717) is 23.2 Å². The Morgan fingerprint density at radius 3 is 2.65 bits per heavy atom. The number of nitrogens with one attached hydrogen (secondary N) is 1. The molecule has 2 aromatic rings. The van der Waals surface area contributed by atoms with E-state index in [0.717, 1.165) is 5.56 Å². The van der Waals surface area contributed by atoms with Gasteiger partial charge in [0.15, 0.2) is 0 Å². The maximum Gasteiger partial charge on any atom is 0.127 e. The Morgan fingerprint density at radius 2 is 1.90 bits per heavy atom. The molecule has 0 aliphatic carbocycles. The molecule has 0 atom stereocenters. The molecular weight excluding hydrogens is 253 g/mol. The number of hydrogen-bond donors (Lipinski definition) is 1. The maximum atomic E-state index is 13.5. The first-order valence-electron chi connectivity index (χ1n) is 6.03. The van der Waals surface area contributed by atoms with E-state index in [1.54, 1.807) is 31.4 Å². The van der Waals surface area contributed by atoms with Gasteiger partial charge in [-0.05, 0) is 31.3 Å². The zero-order chi connectivity index (χ0) is 14.4. The second kappa shape index (κ2) is 6.47. The molecule has 0 spiro atoms. The van der Waals surface area contributed by atoms with Crippen LogP contribution in [0.5, 0.6) is 0 Å². The second-order valence-corrected chi connectivity index (χ2v) is 4.16. The summed E-state index contributed by atoms with van der Waals surface area (Å²) in [5, 5.41) is 11.7. The predicted octanol–water partition coefficient (Wildman–Crippen LogP) is 2.21. The molecule has 0 aliphatic heterocycles. The van der Waals surface area contributed by atoms with E-state index in [1.807, 2.05) is 6.07 Å². The first kappa shape index (κ1) is 13.7. The fourth-order valence-corrected chi connectivity index (χ4v) is 1.69. The maximum absolute atomic E-state index is 13.5. The van der Waals surface area contributed by atoms with Gasteiger partial charge in [0.25, 0.3) is 0 Å². The highest BCUT2D eigenvalue weighted by Gasteiger charge is 2.01. The van der Waals surface area contributed by atoms with Crippen LogP contribution >= 0.6 is 0 Å². The van der Waals surface area contributed by atoms with Crippen molar-refractivity contribution in [3.05, 3.63) is 64.7 Å². The molecule has 0 saturated heterocycles. The molecule has 0 bridgehead atoms. The summed E-state index contributed by atoms with van der Waals surface area (Å²) in [7, 11) is 1.76. The summed E-state index contributed by atoms with van der Waals surface area (Å²) in [6, 6.07) is 8.42. The van der Waals surface area contributed by atoms with Crippen LogP contribution in [-0.4, -0.2) is 12.0 Å². The summed E-state index contributed by atoms with van der Waals surface area (Å²) in [6.07, 6.45) is 3.07. The average Bonchev–Trinajstić information content (AvgIpc) is 2.48. The number of aromatic nitrogens is 1. The van der Waals surface area contributed by atoms with Crippen molar-refractivity contribution < 1.29 is 4.39 Å². The van der Waals surface area contributed by atoms with Crippen molar-refractivity contribution in [2.24, 2.45) is 0 Å². The third-order valence-corrected chi connectivity index (χ3v) is 2.63. The fraction of sp³-hybridized carbons (Fsp3) is 0.125. The molecule has 98 valence electrons. The number of rotatable bonds is 2. The fourth-order valence-electron chi connectivity index (χ4n) is 1.69. The molecule has 0 unspecified atom stereocenters. The second-order valence-electron chi connectivity index (χ2n) is 4.16. The minimum Gasteiger partial charge on any atom is -0.316 e. The number of benzene rings is 1. The highest BCUT2D eigenvalue weighted by molar-refractivity contribution is 5.45. The molecule has 1 N–H and O–H groups in total. The molecular formula is C16H12FN3. The molecule has 1 heterocycles. The minimum atomic E-state index is -0.252. The highest BCUT2D eigenvalue weighted by atomic mass is 19.1. The van der Waals surface area contributed by atoms with Crippen LogP contribution in [0, 0.1) is 29.0 Å². The smallest absolute Gasteiger partial charge is 0.127 e. The van der Waals surface area contributed by atoms with E-state index in [9.17, 15) is 4.39 Å². The van der Waals surface area contributed by atoms with Gasteiger partial charge in [0.1, 0.15) is 11.9 Å². The van der Waals surface area contributed by atoms with Crippen LogP contribution in [0.4, 0.5) is 4.39 Å². The first-order valence-corrected chi connectivity index (χ1v) is 6.03. The molecule has 20 heavy (non-hydrogen) atoms. The number of pyridine rings is 1. The van der Waals surface area contributed by atoms with Gasteiger partial charge in [0.2, 0.25) is 0 Å². The van der Waals surface area contributed by atoms with Gasteiger partial charge in [-0.15, -0.1) is 0 Å². The van der Waals surface area contributed by atoms with Crippen molar-refractivity contribution in [1.82, 2.24) is 10.3 Å². The van der Waals surface area contributed by atoms with Crippen molar-refractivity contribution >= 4 is 0 Å². The van der Waals surface area contributed by atoms with Crippen molar-refractivity contribution in [3.8, 4) is 17.9 Å². The number of nitriles is 1. The Labute approximate surface area is 117 Å². The third kappa shape index (κ3) is 3.41. The van der Waals surface area contributed by atoms with Crippen LogP contribution in [0.25, 0.3) is 0 Å². The summed E-state index contributed by atoms with van der Waals surface area (Å²) >= 11 is 0. The number of hydrogen-bond acceptors (Lipinski definition) is 3. The van der Waals surface area contributed by atoms with Crippen molar-refractivity contribution in [3.63, 3.8) is 0 Å². The lowest BCUT2D eigenvalue weighted by atomic mass is 10.1. The standard InChI is InChI=1S/C16H12FN3/c1-19-11-15-7-12(4-5-16(15)17)2-3-13-6-14(8-18)10-20-9-13/h4-7,9-10,19H,11H2,1H3. The van der Waals surface area contributed by atoms with Crippen LogP contribution in [0.15, 0.2) is 36.7 Å². The lowest BCUT2D eigenvalue weighted by molar-refractivity contribution is 0.600. The monoisotopic (exact) mass is 265 g/mol. The summed E-state index contributed by atoms with van der Waals surface area (Å²) in [4.78, 5) is 3.93. The Kier molecular flexibility index (Phi) is 4.44. The summed E-state index contributed by atoms with van der Waals surface area (Å²) in [5.41, 5.74) is 2.41. The van der Waals surface area contributed by atoms with Gasteiger partial charge < -0.3 is 5.32 Å². The Balaban J connectivity index is 2.28. The van der Waals surface area contributed by atoms with Gasteiger partial charge in [-0.25, -0.2) is 4.39 Å². The lowest BCUT2D eigenvalue weighted by Crippen LogP contribution is -2.07. The van der Waals surface area contributed by atoms with Gasteiger partial charge in [-0.3, -0.25) is 4.98 Å². The quantitative estimate of drug-likeness (QED) is 0.847. The molecule has 0 radical (unpaired) electrons. The molecule has 0 amide bonds. The predicted molar refractivity (Wildman–Crippen MR) is 74.1 cm³/mol. The molecule has 0 saturated carbocycles. The summed E-state index contributed by atoms with van der Waals surface area (Å²) < 4.78 is 13.5. The molecule has 0 aliphatic rings. The van der Waals surface area contributed by atoms with E-state index < -0.39 is 0 Å². The SMILES string of the molecule is CNCc1cc(C#Cc2cncc(C#N)c2)ccc1F. The van der Waals surface area contributed by atoms with E-state index in [2.05, 4.69) is 22.1 Å². The van der Waals surface area contributed by atoms with Crippen LogP contribution in [0.2, 0.25) is 0 Å². The minimum absolute atomic E-state index is 0.252. The number of halogens is 1. The molecule has 4 heteroatoms. The van der Waals surface area contributed by atoms with Crippen LogP contribution in [0.3, 0.4) is 0 Å². The van der Waals surface area contributed by atoms with Crippen molar-refractivity contribution in [2.75, 3.05) is 7.05 Å². The lowest BCUT2D eigenvalue weighted by Gasteiger charge is -2.02. The van der Waals surface area contributed by atoms with Gasteiger partial charge in [-0.2, -0.15) is 5.26 Å². The van der Waals surface area contributed by atoms with E-state index in [1.165, 1.54) is 12.3 Å². The van der Waals surface area contributed by atoms with Gasteiger partial charge in [0, 0.05) is 35.6 Å². The zero-order valence-electron chi connectivity index (χ0n) is 10.9. The summed E-state index contributed by atoms with van der Waals surface area (Å²) in [5.74, 6) is 5.61. The molecule has 0 fully saturated rings. The van der Waals surface area contributed by atoms with Crippen molar-refractivity contribution in [1.29, 1.82) is 5.26 Å². The summed E-state index contributed by atoms with van der Waals surface area (Å²) in [6.45, 7) is 0.451. The van der Waals surface area contributed by atoms with Crippen LogP contribution in [0.1, 0.15) is 22.3 Å². The first-order chi connectivity index (χ1) is 9.72. The number of nitrogens with zero attached hydrogens (tertiary/aromatic N) is 2. The Bertz CT molecular complexity index is 720. The third-order valence-electron chi connectivity index (χ3n) is 2.63. The topological polar surface area (TPSA) is 48.7 Å². The zero-order valence-corrected chi connectivity index (χ0v) is 10.9. The van der Waals surface area contributed by atoms with E-state index in [-0.39, 0.29) is 5.82 Å². The Hall–Kier alpha value is -2.69. The normalized spacial score (nSPS) is 9.45. The molecule has 3 nitrogen and oxygen atoms in total. The van der Waals surface area contributed by atoms with Gasteiger partial charge in [0.05, 0.1) is 5.56 Å². The van der Waals surface area contributed by atoms with E-state index >= 15 is 0 Å². The molecule has 1 aromatic heterocycles. The average molecular weight is 265 g/mol. The highest BCUT2D eigenvalue weighted by Crippen LogP contribution is 2.10. The van der Waals surface area contributed by atoms with Crippen molar-refractivity contribution in [2.45, 2.75) is 6.54 Å². The van der Waals surface area contributed by atoms with Gasteiger partial charge >= 0.3 is 0 Å².